The van der Waals surface area contributed by atoms with Crippen molar-refractivity contribution in [2.75, 3.05) is 20.3 Å². The first kappa shape index (κ1) is 16.1. The number of hydrogen-bond donors (Lipinski definition) is 0. The van der Waals surface area contributed by atoms with E-state index in [4.69, 9.17) is 9.47 Å². The maximum absolute atomic E-state index is 10.8. The van der Waals surface area contributed by atoms with E-state index in [1.165, 1.54) is 0 Å². The number of aromatic nitrogens is 4. The molecule has 3 rings (SSSR count). The molecule has 0 bridgehead atoms. The third kappa shape index (κ3) is 3.41. The second-order valence-electron chi connectivity index (χ2n) is 5.31. The van der Waals surface area contributed by atoms with Gasteiger partial charge in [0.1, 0.15) is 24.2 Å². The molecule has 3 aromatic rings. The molecule has 0 unspecified atom stereocenters. The zero-order valence-corrected chi connectivity index (χ0v) is 13.6. The van der Waals surface area contributed by atoms with Crippen LogP contribution in [0.25, 0.3) is 11.2 Å². The summed E-state index contributed by atoms with van der Waals surface area (Å²) >= 11 is 0. The Bertz CT molecular complexity index is 843. The number of rotatable bonds is 7. The minimum Gasteiger partial charge on any atom is -0.461 e. The zero-order chi connectivity index (χ0) is 16.9. The molecule has 0 aliphatic heterocycles. The van der Waals surface area contributed by atoms with E-state index in [2.05, 4.69) is 15.0 Å². The lowest BCUT2D eigenvalue weighted by Crippen LogP contribution is -2.08. The van der Waals surface area contributed by atoms with Crippen molar-refractivity contribution in [2.24, 2.45) is 0 Å². The molecule has 7 nitrogen and oxygen atoms in total. The Labute approximate surface area is 139 Å². The maximum Gasteiger partial charge on any atom is 0.318 e. The molecule has 7 heteroatoms. The van der Waals surface area contributed by atoms with Crippen molar-refractivity contribution in [1.82, 2.24) is 19.5 Å². The van der Waals surface area contributed by atoms with Crippen LogP contribution in [0, 0.1) is 6.92 Å². The van der Waals surface area contributed by atoms with Gasteiger partial charge in [0.15, 0.2) is 5.65 Å². The number of aldehydes is 1. The molecule has 24 heavy (non-hydrogen) atoms. The fraction of sp³-hybridized carbons (Fsp3) is 0.294. The number of ether oxygens (including phenoxy) is 2. The highest BCUT2D eigenvalue weighted by Gasteiger charge is 2.11. The molecule has 0 spiro atoms. The lowest BCUT2D eigenvalue weighted by Gasteiger charge is -2.08. The summed E-state index contributed by atoms with van der Waals surface area (Å²) in [5, 5.41) is 0. The van der Waals surface area contributed by atoms with Crippen molar-refractivity contribution < 1.29 is 14.3 Å². The summed E-state index contributed by atoms with van der Waals surface area (Å²) in [6.07, 6.45) is 2.49. The molecular formula is C17H18N4O3. The fourth-order valence-electron chi connectivity index (χ4n) is 2.38. The van der Waals surface area contributed by atoms with Crippen molar-refractivity contribution in [1.29, 1.82) is 0 Å². The predicted molar refractivity (Wildman–Crippen MR) is 88.4 cm³/mol. The third-order valence-corrected chi connectivity index (χ3v) is 3.63. The van der Waals surface area contributed by atoms with Crippen LogP contribution in [0.4, 0.5) is 0 Å². The standard InChI is InChI=1S/C17H18N4O3/c1-12-19-15-9-18-17(24-8-7-23-2)20-16(15)21(12)10-13-3-5-14(11-22)6-4-13/h3-6,9,11H,7-8,10H2,1-2H3. The van der Waals surface area contributed by atoms with Crippen LogP contribution in [0.3, 0.4) is 0 Å². The monoisotopic (exact) mass is 326 g/mol. The average Bonchev–Trinajstić information content (AvgIpc) is 2.91. The number of aryl methyl sites for hydroxylation is 1. The summed E-state index contributed by atoms with van der Waals surface area (Å²) in [6.45, 7) is 3.40. The van der Waals surface area contributed by atoms with Crippen molar-refractivity contribution >= 4 is 17.5 Å². The first-order valence-electron chi connectivity index (χ1n) is 7.57. The number of fused-ring (bicyclic) bond motifs is 1. The molecule has 0 saturated carbocycles. The summed E-state index contributed by atoms with van der Waals surface area (Å²) < 4.78 is 12.4. The number of carbonyl (C=O) groups is 1. The molecule has 0 amide bonds. The van der Waals surface area contributed by atoms with E-state index >= 15 is 0 Å². The van der Waals surface area contributed by atoms with Crippen LogP contribution in [0.5, 0.6) is 6.01 Å². The number of benzene rings is 1. The Morgan fingerprint density at radius 1 is 1.17 bits per heavy atom. The number of methoxy groups -OCH3 is 1. The first-order valence-corrected chi connectivity index (χ1v) is 7.57. The summed E-state index contributed by atoms with van der Waals surface area (Å²) in [5.41, 5.74) is 3.15. The number of hydrogen-bond acceptors (Lipinski definition) is 6. The van der Waals surface area contributed by atoms with Gasteiger partial charge in [-0.15, -0.1) is 0 Å². The van der Waals surface area contributed by atoms with E-state index in [1.54, 1.807) is 25.4 Å². The van der Waals surface area contributed by atoms with Crippen LogP contribution in [0.15, 0.2) is 30.5 Å². The molecule has 0 aliphatic carbocycles. The molecule has 0 saturated heterocycles. The van der Waals surface area contributed by atoms with E-state index < -0.39 is 0 Å². The first-order chi connectivity index (χ1) is 11.7. The summed E-state index contributed by atoms with van der Waals surface area (Å²) in [5.74, 6) is 0.841. The highest BCUT2D eigenvalue weighted by molar-refractivity contribution is 5.74. The van der Waals surface area contributed by atoms with Crippen LogP contribution >= 0.6 is 0 Å². The van der Waals surface area contributed by atoms with Crippen molar-refractivity contribution in [3.63, 3.8) is 0 Å². The van der Waals surface area contributed by atoms with Gasteiger partial charge in [-0.2, -0.15) is 4.98 Å². The normalized spacial score (nSPS) is 10.9. The Balaban J connectivity index is 1.88. The SMILES string of the molecule is COCCOc1ncc2nc(C)n(Cc3ccc(C=O)cc3)c2n1. The van der Waals surface area contributed by atoms with Crippen molar-refractivity contribution in [3.8, 4) is 6.01 Å². The van der Waals surface area contributed by atoms with Crippen LogP contribution in [-0.2, 0) is 11.3 Å². The number of carbonyl (C=O) groups excluding carboxylic acids is 1. The highest BCUT2D eigenvalue weighted by atomic mass is 16.5. The average molecular weight is 326 g/mol. The second-order valence-corrected chi connectivity index (χ2v) is 5.31. The van der Waals surface area contributed by atoms with Gasteiger partial charge >= 0.3 is 6.01 Å². The Kier molecular flexibility index (Phi) is 4.81. The van der Waals surface area contributed by atoms with E-state index in [0.29, 0.717) is 31.3 Å². The van der Waals surface area contributed by atoms with Crippen LogP contribution < -0.4 is 4.74 Å². The van der Waals surface area contributed by atoms with Gasteiger partial charge < -0.3 is 14.0 Å². The van der Waals surface area contributed by atoms with E-state index in [-0.39, 0.29) is 0 Å². The molecule has 1 aromatic carbocycles. The van der Waals surface area contributed by atoms with Gasteiger partial charge in [-0.1, -0.05) is 24.3 Å². The molecule has 0 atom stereocenters. The topological polar surface area (TPSA) is 79.1 Å². The lowest BCUT2D eigenvalue weighted by molar-refractivity contribution is 0.112. The quantitative estimate of drug-likeness (QED) is 0.488. The Morgan fingerprint density at radius 3 is 2.67 bits per heavy atom. The van der Waals surface area contributed by atoms with Gasteiger partial charge in [0.2, 0.25) is 0 Å². The summed E-state index contributed by atoms with van der Waals surface area (Å²) in [6, 6.07) is 7.74. The third-order valence-electron chi connectivity index (χ3n) is 3.63. The van der Waals surface area contributed by atoms with Gasteiger partial charge in [-0.3, -0.25) is 4.79 Å². The fourth-order valence-corrected chi connectivity index (χ4v) is 2.38. The molecule has 0 N–H and O–H groups in total. The number of nitrogens with zero attached hydrogens (tertiary/aromatic N) is 4. The minimum absolute atomic E-state index is 0.303. The van der Waals surface area contributed by atoms with Gasteiger partial charge in [0.25, 0.3) is 0 Å². The van der Waals surface area contributed by atoms with E-state index in [1.807, 2.05) is 23.6 Å². The largest absolute Gasteiger partial charge is 0.461 e. The molecule has 0 fully saturated rings. The van der Waals surface area contributed by atoms with Crippen LogP contribution in [0.1, 0.15) is 21.7 Å². The molecule has 2 aromatic heterocycles. The highest BCUT2D eigenvalue weighted by Crippen LogP contribution is 2.17. The summed E-state index contributed by atoms with van der Waals surface area (Å²) in [4.78, 5) is 23.8. The molecular weight excluding hydrogens is 308 g/mol. The van der Waals surface area contributed by atoms with Crippen LogP contribution in [-0.4, -0.2) is 46.1 Å². The zero-order valence-electron chi connectivity index (χ0n) is 13.6. The maximum atomic E-state index is 10.8. The van der Waals surface area contributed by atoms with Crippen LogP contribution in [0.2, 0.25) is 0 Å². The molecule has 0 radical (unpaired) electrons. The van der Waals surface area contributed by atoms with Gasteiger partial charge in [-0.05, 0) is 12.5 Å². The molecule has 124 valence electrons. The van der Waals surface area contributed by atoms with Gasteiger partial charge in [0.05, 0.1) is 19.3 Å². The van der Waals surface area contributed by atoms with Gasteiger partial charge in [0, 0.05) is 12.7 Å². The Hall–Kier alpha value is -2.80. The Morgan fingerprint density at radius 2 is 1.96 bits per heavy atom. The predicted octanol–water partition coefficient (Wildman–Crippen LogP) is 2.02. The molecule has 0 aliphatic rings. The number of imidazole rings is 1. The minimum atomic E-state index is 0.303. The molecule has 2 heterocycles. The summed E-state index contributed by atoms with van der Waals surface area (Å²) in [7, 11) is 1.61. The van der Waals surface area contributed by atoms with Crippen molar-refractivity contribution in [3.05, 3.63) is 47.4 Å². The second kappa shape index (κ2) is 7.18. The van der Waals surface area contributed by atoms with E-state index in [9.17, 15) is 4.79 Å². The van der Waals surface area contributed by atoms with E-state index in [0.717, 1.165) is 28.8 Å². The lowest BCUT2D eigenvalue weighted by atomic mass is 10.1. The van der Waals surface area contributed by atoms with Crippen molar-refractivity contribution in [2.45, 2.75) is 13.5 Å². The smallest absolute Gasteiger partial charge is 0.318 e. The van der Waals surface area contributed by atoms with Gasteiger partial charge in [-0.25, -0.2) is 9.97 Å².